The van der Waals surface area contributed by atoms with Crippen molar-refractivity contribution in [1.29, 1.82) is 0 Å². The van der Waals surface area contributed by atoms with Crippen molar-refractivity contribution < 1.29 is 19.4 Å². The first-order valence-corrected chi connectivity index (χ1v) is 8.35. The van der Waals surface area contributed by atoms with Gasteiger partial charge in [0.05, 0.1) is 25.8 Å². The number of hydrogen-bond acceptors (Lipinski definition) is 4. The number of nitrogens with zero attached hydrogens (tertiary/aromatic N) is 1. The van der Waals surface area contributed by atoms with Gasteiger partial charge in [-0.3, -0.25) is 14.5 Å². The zero-order chi connectivity index (χ0) is 16.4. The van der Waals surface area contributed by atoms with Gasteiger partial charge in [-0.25, -0.2) is 0 Å². The minimum atomic E-state index is -0.907. The lowest BCUT2D eigenvalue weighted by Crippen LogP contribution is -2.41. The molecular weight excluding hydrogens is 284 g/mol. The zero-order valence-corrected chi connectivity index (χ0v) is 13.8. The molecule has 128 valence electrons. The molecule has 1 aliphatic rings. The van der Waals surface area contributed by atoms with Gasteiger partial charge in [0.1, 0.15) is 0 Å². The molecule has 6 nitrogen and oxygen atoms in total. The van der Waals surface area contributed by atoms with Crippen molar-refractivity contribution in [2.75, 3.05) is 32.8 Å². The molecular formula is C16H30N2O4. The van der Waals surface area contributed by atoms with E-state index in [4.69, 9.17) is 9.84 Å². The molecule has 0 heterocycles. The van der Waals surface area contributed by atoms with E-state index < -0.39 is 5.97 Å². The lowest BCUT2D eigenvalue weighted by Gasteiger charge is -2.28. The van der Waals surface area contributed by atoms with Gasteiger partial charge in [-0.1, -0.05) is 26.7 Å². The second-order valence-electron chi connectivity index (χ2n) is 6.13. The Labute approximate surface area is 133 Å². The van der Waals surface area contributed by atoms with Crippen molar-refractivity contribution in [1.82, 2.24) is 10.2 Å². The number of hydrogen-bond donors (Lipinski definition) is 2. The van der Waals surface area contributed by atoms with Gasteiger partial charge in [0.25, 0.3) is 0 Å². The Kier molecular flexibility index (Phi) is 9.08. The van der Waals surface area contributed by atoms with Crippen LogP contribution in [0.15, 0.2) is 0 Å². The summed E-state index contributed by atoms with van der Waals surface area (Å²) in [4.78, 5) is 24.2. The summed E-state index contributed by atoms with van der Waals surface area (Å²) in [5, 5.41) is 11.6. The molecule has 1 saturated carbocycles. The van der Waals surface area contributed by atoms with Crippen molar-refractivity contribution in [2.45, 2.75) is 52.1 Å². The van der Waals surface area contributed by atoms with E-state index in [2.05, 4.69) is 12.2 Å². The van der Waals surface area contributed by atoms with Gasteiger partial charge < -0.3 is 15.2 Å². The Bertz CT molecular complexity index is 349. The molecule has 1 fully saturated rings. The van der Waals surface area contributed by atoms with Crippen molar-refractivity contribution in [3.05, 3.63) is 0 Å². The summed E-state index contributed by atoms with van der Waals surface area (Å²) >= 11 is 0. The molecule has 1 rings (SSSR count). The highest BCUT2D eigenvalue weighted by molar-refractivity contribution is 5.79. The van der Waals surface area contributed by atoms with Crippen molar-refractivity contribution in [3.8, 4) is 0 Å². The number of carbonyl (C=O) groups excluding carboxylic acids is 1. The average molecular weight is 314 g/mol. The average Bonchev–Trinajstić information content (AvgIpc) is 2.45. The highest BCUT2D eigenvalue weighted by Crippen LogP contribution is 2.25. The number of carboxylic acid groups (broad SMARTS) is 1. The number of carboxylic acids is 1. The Balaban J connectivity index is 2.17. The largest absolute Gasteiger partial charge is 0.480 e. The number of carbonyl (C=O) groups is 2. The molecule has 0 aliphatic heterocycles. The summed E-state index contributed by atoms with van der Waals surface area (Å²) in [5.74, 6) is -0.453. The van der Waals surface area contributed by atoms with Crippen LogP contribution in [0.2, 0.25) is 0 Å². The van der Waals surface area contributed by atoms with Crippen LogP contribution in [-0.2, 0) is 14.3 Å². The third-order valence-electron chi connectivity index (χ3n) is 4.05. The lowest BCUT2D eigenvalue weighted by molar-refractivity contribution is -0.138. The molecule has 22 heavy (non-hydrogen) atoms. The second kappa shape index (κ2) is 10.6. The number of nitrogens with one attached hydrogen (secondary N) is 1. The van der Waals surface area contributed by atoms with Crippen molar-refractivity contribution in [3.63, 3.8) is 0 Å². The predicted molar refractivity (Wildman–Crippen MR) is 84.7 cm³/mol. The highest BCUT2D eigenvalue weighted by Gasteiger charge is 2.21. The maximum atomic E-state index is 11.8. The van der Waals surface area contributed by atoms with Crippen LogP contribution in [0, 0.1) is 5.92 Å². The summed E-state index contributed by atoms with van der Waals surface area (Å²) < 4.78 is 5.84. The van der Waals surface area contributed by atoms with Crippen molar-refractivity contribution >= 4 is 11.9 Å². The molecule has 2 N–H and O–H groups in total. The molecule has 0 saturated heterocycles. The van der Waals surface area contributed by atoms with Crippen LogP contribution in [-0.4, -0.2) is 60.8 Å². The smallest absolute Gasteiger partial charge is 0.317 e. The molecule has 0 aromatic carbocycles. The fraction of sp³-hybridized carbons (Fsp3) is 0.875. The third-order valence-corrected chi connectivity index (χ3v) is 4.05. The molecule has 2 unspecified atom stereocenters. The molecule has 2 atom stereocenters. The number of ether oxygens (including phenoxy) is 1. The van der Waals surface area contributed by atoms with Gasteiger partial charge in [0.15, 0.2) is 0 Å². The molecule has 1 aliphatic carbocycles. The van der Waals surface area contributed by atoms with E-state index in [1.165, 1.54) is 19.3 Å². The topological polar surface area (TPSA) is 78.9 Å². The molecule has 0 radical (unpaired) electrons. The van der Waals surface area contributed by atoms with Gasteiger partial charge in [0, 0.05) is 6.54 Å². The Morgan fingerprint density at radius 1 is 1.27 bits per heavy atom. The summed E-state index contributed by atoms with van der Waals surface area (Å²) in [6, 6.07) is 0. The Morgan fingerprint density at radius 2 is 2.00 bits per heavy atom. The fourth-order valence-corrected chi connectivity index (χ4v) is 2.91. The fourth-order valence-electron chi connectivity index (χ4n) is 2.91. The van der Waals surface area contributed by atoms with Crippen LogP contribution in [0.5, 0.6) is 0 Å². The van der Waals surface area contributed by atoms with Gasteiger partial charge in [-0.05, 0) is 31.7 Å². The maximum Gasteiger partial charge on any atom is 0.317 e. The third kappa shape index (κ3) is 7.75. The van der Waals surface area contributed by atoms with Crippen LogP contribution in [0.1, 0.15) is 46.0 Å². The monoisotopic (exact) mass is 314 g/mol. The van der Waals surface area contributed by atoms with Gasteiger partial charge in [-0.2, -0.15) is 0 Å². The minimum Gasteiger partial charge on any atom is -0.480 e. The molecule has 0 spiro atoms. The van der Waals surface area contributed by atoms with E-state index in [-0.39, 0.29) is 19.0 Å². The number of amides is 1. The van der Waals surface area contributed by atoms with Crippen LogP contribution in [0.25, 0.3) is 0 Å². The second-order valence-corrected chi connectivity index (χ2v) is 6.13. The normalized spacial score (nSPS) is 21.8. The Morgan fingerprint density at radius 3 is 2.64 bits per heavy atom. The summed E-state index contributed by atoms with van der Waals surface area (Å²) in [7, 11) is 0. The molecule has 0 aromatic rings. The summed E-state index contributed by atoms with van der Waals surface area (Å²) in [6.07, 6.45) is 5.98. The number of rotatable bonds is 10. The molecule has 1 amide bonds. The summed E-state index contributed by atoms with van der Waals surface area (Å²) in [6.45, 7) is 5.82. The van der Waals surface area contributed by atoms with E-state index >= 15 is 0 Å². The predicted octanol–water partition coefficient (Wildman–Crippen LogP) is 1.49. The molecule has 0 aromatic heterocycles. The zero-order valence-electron chi connectivity index (χ0n) is 13.8. The van der Waals surface area contributed by atoms with E-state index in [1.54, 1.807) is 4.90 Å². The summed E-state index contributed by atoms with van der Waals surface area (Å²) in [5.41, 5.74) is 0. The van der Waals surface area contributed by atoms with E-state index in [0.717, 1.165) is 12.8 Å². The Hall–Kier alpha value is -1.14. The highest BCUT2D eigenvalue weighted by atomic mass is 16.5. The van der Waals surface area contributed by atoms with E-state index in [1.807, 2.05) is 6.92 Å². The van der Waals surface area contributed by atoms with Gasteiger partial charge in [0.2, 0.25) is 5.91 Å². The molecule has 0 bridgehead atoms. The van der Waals surface area contributed by atoms with Crippen LogP contribution in [0.4, 0.5) is 0 Å². The maximum absolute atomic E-state index is 11.8. The first-order valence-electron chi connectivity index (χ1n) is 8.35. The SMILES string of the molecule is CCCN(CC(=O)O)CC(=O)NCCOC1CCCCC1C. The van der Waals surface area contributed by atoms with Crippen LogP contribution in [0.3, 0.4) is 0 Å². The standard InChI is InChI=1S/C16H30N2O4/c1-3-9-18(12-16(20)21)11-15(19)17-8-10-22-14-7-5-4-6-13(14)2/h13-14H,3-12H2,1-2H3,(H,17,19)(H,20,21). The first kappa shape index (κ1) is 18.9. The van der Waals surface area contributed by atoms with E-state index in [0.29, 0.717) is 31.7 Å². The minimum absolute atomic E-state index is 0.0999. The van der Waals surface area contributed by atoms with E-state index in [9.17, 15) is 9.59 Å². The molecule has 6 heteroatoms. The van der Waals surface area contributed by atoms with Crippen LogP contribution >= 0.6 is 0 Å². The van der Waals surface area contributed by atoms with Gasteiger partial charge >= 0.3 is 5.97 Å². The first-order chi connectivity index (χ1) is 10.5. The number of aliphatic carboxylic acids is 1. The van der Waals surface area contributed by atoms with Gasteiger partial charge in [-0.15, -0.1) is 0 Å². The lowest BCUT2D eigenvalue weighted by atomic mass is 9.88. The van der Waals surface area contributed by atoms with Crippen molar-refractivity contribution in [2.24, 2.45) is 5.92 Å². The van der Waals surface area contributed by atoms with Crippen LogP contribution < -0.4 is 5.32 Å². The quantitative estimate of drug-likeness (QED) is 0.597.